The molecule has 144 valence electrons. The summed E-state index contributed by atoms with van der Waals surface area (Å²) in [4.78, 5) is 36.6. The number of hydrogen-bond donors (Lipinski definition) is 2. The second-order valence-corrected chi connectivity index (χ2v) is 7.51. The summed E-state index contributed by atoms with van der Waals surface area (Å²) in [6.45, 7) is 10.8. The number of rotatable bonds is 7. The SMILES string of the molecule is CC(C)(C)C(=O)NCC(=O)NCCCN1CCN(c2ncccn2)CC1. The average Bonchev–Trinajstić information content (AvgIpc) is 2.63. The molecule has 2 heterocycles. The maximum Gasteiger partial charge on any atom is 0.239 e. The number of nitrogens with zero attached hydrogens (tertiary/aromatic N) is 4. The zero-order valence-electron chi connectivity index (χ0n) is 16.0. The van der Waals surface area contributed by atoms with Crippen molar-refractivity contribution in [3.8, 4) is 0 Å². The van der Waals surface area contributed by atoms with E-state index in [9.17, 15) is 9.59 Å². The molecule has 1 aromatic heterocycles. The molecule has 8 nitrogen and oxygen atoms in total. The summed E-state index contributed by atoms with van der Waals surface area (Å²) in [5, 5.41) is 5.51. The van der Waals surface area contributed by atoms with E-state index in [4.69, 9.17) is 0 Å². The molecule has 2 rings (SSSR count). The molecule has 0 unspecified atom stereocenters. The average molecular weight is 362 g/mol. The van der Waals surface area contributed by atoms with Crippen LogP contribution >= 0.6 is 0 Å². The van der Waals surface area contributed by atoms with E-state index in [0.717, 1.165) is 45.1 Å². The van der Waals surface area contributed by atoms with Gasteiger partial charge in [-0.3, -0.25) is 14.5 Å². The van der Waals surface area contributed by atoms with Gasteiger partial charge in [-0.2, -0.15) is 0 Å². The summed E-state index contributed by atoms with van der Waals surface area (Å²) >= 11 is 0. The number of nitrogens with one attached hydrogen (secondary N) is 2. The van der Waals surface area contributed by atoms with Crippen molar-refractivity contribution in [1.82, 2.24) is 25.5 Å². The van der Waals surface area contributed by atoms with E-state index in [0.29, 0.717) is 6.54 Å². The minimum absolute atomic E-state index is 0.0336. The van der Waals surface area contributed by atoms with E-state index in [1.54, 1.807) is 12.4 Å². The minimum atomic E-state index is -0.479. The highest BCUT2D eigenvalue weighted by Crippen LogP contribution is 2.12. The van der Waals surface area contributed by atoms with Crippen LogP contribution in [0.25, 0.3) is 0 Å². The number of aromatic nitrogens is 2. The molecule has 0 aromatic carbocycles. The molecule has 1 saturated heterocycles. The monoisotopic (exact) mass is 362 g/mol. The first-order valence-corrected chi connectivity index (χ1v) is 9.15. The Morgan fingerprint density at radius 3 is 2.35 bits per heavy atom. The summed E-state index contributed by atoms with van der Waals surface area (Å²) in [7, 11) is 0. The second-order valence-electron chi connectivity index (χ2n) is 7.51. The quantitative estimate of drug-likeness (QED) is 0.677. The van der Waals surface area contributed by atoms with Crippen LogP contribution in [0.15, 0.2) is 18.5 Å². The molecule has 2 N–H and O–H groups in total. The molecular formula is C18H30N6O2. The van der Waals surface area contributed by atoms with Gasteiger partial charge in [0.2, 0.25) is 17.8 Å². The third kappa shape index (κ3) is 6.59. The Kier molecular flexibility index (Phi) is 7.32. The van der Waals surface area contributed by atoms with Crippen LogP contribution in [0.4, 0.5) is 5.95 Å². The van der Waals surface area contributed by atoms with Crippen LogP contribution in [0.1, 0.15) is 27.2 Å². The topological polar surface area (TPSA) is 90.5 Å². The normalized spacial score (nSPS) is 15.6. The molecule has 0 atom stereocenters. The van der Waals surface area contributed by atoms with Gasteiger partial charge in [-0.25, -0.2) is 9.97 Å². The van der Waals surface area contributed by atoms with E-state index in [-0.39, 0.29) is 18.4 Å². The van der Waals surface area contributed by atoms with Crippen molar-refractivity contribution < 1.29 is 9.59 Å². The molecule has 1 aliphatic heterocycles. The summed E-state index contributed by atoms with van der Waals surface area (Å²) in [6.07, 6.45) is 4.42. The van der Waals surface area contributed by atoms with Crippen molar-refractivity contribution in [3.05, 3.63) is 18.5 Å². The molecule has 1 aromatic rings. The van der Waals surface area contributed by atoms with Gasteiger partial charge in [0.05, 0.1) is 6.54 Å². The Labute approximate surface area is 155 Å². The second kappa shape index (κ2) is 9.47. The number of carbonyl (C=O) groups is 2. The van der Waals surface area contributed by atoms with Gasteiger partial charge in [-0.1, -0.05) is 20.8 Å². The lowest BCUT2D eigenvalue weighted by atomic mass is 9.96. The highest BCUT2D eigenvalue weighted by atomic mass is 16.2. The fourth-order valence-corrected chi connectivity index (χ4v) is 2.64. The maximum absolute atomic E-state index is 11.8. The molecule has 0 spiro atoms. The highest BCUT2D eigenvalue weighted by molar-refractivity contribution is 5.87. The first-order valence-electron chi connectivity index (χ1n) is 9.15. The van der Waals surface area contributed by atoms with E-state index in [2.05, 4.69) is 30.4 Å². The fourth-order valence-electron chi connectivity index (χ4n) is 2.64. The lowest BCUT2D eigenvalue weighted by Gasteiger charge is -2.34. The number of carbonyl (C=O) groups excluding carboxylic acids is 2. The van der Waals surface area contributed by atoms with E-state index in [1.807, 2.05) is 26.8 Å². The Morgan fingerprint density at radius 1 is 1.08 bits per heavy atom. The molecular weight excluding hydrogens is 332 g/mol. The third-order valence-electron chi connectivity index (χ3n) is 4.27. The van der Waals surface area contributed by atoms with Crippen LogP contribution in [-0.2, 0) is 9.59 Å². The largest absolute Gasteiger partial charge is 0.355 e. The predicted molar refractivity (Wildman–Crippen MR) is 101 cm³/mol. The van der Waals surface area contributed by atoms with Crippen molar-refractivity contribution in [1.29, 1.82) is 0 Å². The van der Waals surface area contributed by atoms with Gasteiger partial charge in [0.1, 0.15) is 0 Å². The van der Waals surface area contributed by atoms with Gasteiger partial charge in [0, 0.05) is 50.5 Å². The molecule has 8 heteroatoms. The van der Waals surface area contributed by atoms with E-state index < -0.39 is 5.41 Å². The van der Waals surface area contributed by atoms with Crippen LogP contribution in [0.3, 0.4) is 0 Å². The fraction of sp³-hybridized carbons (Fsp3) is 0.667. The van der Waals surface area contributed by atoms with Gasteiger partial charge in [-0.15, -0.1) is 0 Å². The van der Waals surface area contributed by atoms with Crippen LogP contribution in [0.2, 0.25) is 0 Å². The van der Waals surface area contributed by atoms with Gasteiger partial charge < -0.3 is 15.5 Å². The Bertz CT molecular complexity index is 579. The molecule has 26 heavy (non-hydrogen) atoms. The standard InChI is InChI=1S/C18H30N6O2/c1-18(2,3)16(26)22-14-15(25)19-8-5-9-23-10-12-24(13-11-23)17-20-6-4-7-21-17/h4,6-7H,5,8-14H2,1-3H3,(H,19,25)(H,22,26). The van der Waals surface area contributed by atoms with Crippen LogP contribution in [-0.4, -0.2) is 72.5 Å². The molecule has 0 aliphatic carbocycles. The van der Waals surface area contributed by atoms with Gasteiger partial charge in [-0.05, 0) is 19.0 Å². The van der Waals surface area contributed by atoms with Gasteiger partial charge in [0.25, 0.3) is 0 Å². The van der Waals surface area contributed by atoms with Crippen LogP contribution in [0.5, 0.6) is 0 Å². The maximum atomic E-state index is 11.8. The molecule has 0 bridgehead atoms. The van der Waals surface area contributed by atoms with Crippen molar-refractivity contribution in [2.45, 2.75) is 27.2 Å². The van der Waals surface area contributed by atoms with Crippen molar-refractivity contribution in [3.63, 3.8) is 0 Å². The van der Waals surface area contributed by atoms with Crippen LogP contribution in [0, 0.1) is 5.41 Å². The van der Waals surface area contributed by atoms with Crippen molar-refractivity contribution in [2.24, 2.45) is 5.41 Å². The zero-order valence-corrected chi connectivity index (χ0v) is 16.0. The van der Waals surface area contributed by atoms with E-state index >= 15 is 0 Å². The summed E-state index contributed by atoms with van der Waals surface area (Å²) < 4.78 is 0. The van der Waals surface area contributed by atoms with Gasteiger partial charge >= 0.3 is 0 Å². The van der Waals surface area contributed by atoms with Crippen molar-refractivity contribution >= 4 is 17.8 Å². The third-order valence-corrected chi connectivity index (χ3v) is 4.27. The lowest BCUT2D eigenvalue weighted by molar-refractivity contribution is -0.131. The molecule has 0 radical (unpaired) electrons. The first-order chi connectivity index (χ1) is 12.4. The molecule has 2 amide bonds. The summed E-state index contributed by atoms with van der Waals surface area (Å²) in [5.74, 6) is 0.526. The highest BCUT2D eigenvalue weighted by Gasteiger charge is 2.21. The number of hydrogen-bond acceptors (Lipinski definition) is 6. The summed E-state index contributed by atoms with van der Waals surface area (Å²) in [5.41, 5.74) is -0.479. The smallest absolute Gasteiger partial charge is 0.239 e. The summed E-state index contributed by atoms with van der Waals surface area (Å²) in [6, 6.07) is 1.82. The minimum Gasteiger partial charge on any atom is -0.355 e. The first kappa shape index (κ1) is 20.1. The number of amides is 2. The predicted octanol–water partition coefficient (Wildman–Crippen LogP) is 0.267. The Hall–Kier alpha value is -2.22. The van der Waals surface area contributed by atoms with Crippen molar-refractivity contribution in [2.75, 3.05) is 50.7 Å². The van der Waals surface area contributed by atoms with E-state index in [1.165, 1.54) is 0 Å². The number of piperazine rings is 1. The zero-order chi connectivity index (χ0) is 19.0. The molecule has 0 saturated carbocycles. The Balaban J connectivity index is 1.55. The number of anilines is 1. The molecule has 1 fully saturated rings. The molecule has 1 aliphatic rings. The van der Waals surface area contributed by atoms with Gasteiger partial charge in [0.15, 0.2) is 0 Å². The van der Waals surface area contributed by atoms with Crippen LogP contribution < -0.4 is 15.5 Å². The lowest BCUT2D eigenvalue weighted by Crippen LogP contribution is -2.47. The Morgan fingerprint density at radius 2 is 1.73 bits per heavy atom.